The predicted octanol–water partition coefficient (Wildman–Crippen LogP) is 2.94. The fourth-order valence-corrected chi connectivity index (χ4v) is 2.80. The first-order valence-corrected chi connectivity index (χ1v) is 7.03. The van der Waals surface area contributed by atoms with E-state index in [1.54, 1.807) is 0 Å². The Kier molecular flexibility index (Phi) is 4.66. The van der Waals surface area contributed by atoms with Crippen LogP contribution < -0.4 is 10.6 Å². The number of oxime groups is 1. The summed E-state index contributed by atoms with van der Waals surface area (Å²) in [6.45, 7) is 0. The summed E-state index contributed by atoms with van der Waals surface area (Å²) in [5.74, 6) is 0.163. The van der Waals surface area contributed by atoms with Crippen LogP contribution in [0.4, 0.5) is 5.69 Å². The van der Waals surface area contributed by atoms with E-state index >= 15 is 0 Å². The van der Waals surface area contributed by atoms with E-state index in [1.807, 2.05) is 18.2 Å². The molecule has 1 aliphatic rings. The highest BCUT2D eigenvalue weighted by molar-refractivity contribution is 5.97. The van der Waals surface area contributed by atoms with Gasteiger partial charge in [-0.2, -0.15) is 0 Å². The van der Waals surface area contributed by atoms with Crippen LogP contribution in [0.5, 0.6) is 0 Å². The molecular formula is C15H23N3O. The van der Waals surface area contributed by atoms with E-state index in [-0.39, 0.29) is 5.84 Å². The molecule has 0 aliphatic heterocycles. The van der Waals surface area contributed by atoms with Crippen LogP contribution in [0, 0.1) is 0 Å². The lowest BCUT2D eigenvalue weighted by Crippen LogP contribution is -2.31. The van der Waals surface area contributed by atoms with Gasteiger partial charge in [0.15, 0.2) is 5.84 Å². The van der Waals surface area contributed by atoms with Crippen molar-refractivity contribution in [1.29, 1.82) is 0 Å². The van der Waals surface area contributed by atoms with Crippen molar-refractivity contribution in [2.24, 2.45) is 10.9 Å². The number of benzene rings is 1. The Labute approximate surface area is 114 Å². The molecule has 0 unspecified atom stereocenters. The fourth-order valence-electron chi connectivity index (χ4n) is 2.80. The molecule has 4 nitrogen and oxygen atoms in total. The second-order valence-electron chi connectivity index (χ2n) is 5.29. The Morgan fingerprint density at radius 2 is 1.95 bits per heavy atom. The van der Waals surface area contributed by atoms with E-state index in [1.165, 1.54) is 38.5 Å². The molecule has 3 N–H and O–H groups in total. The zero-order valence-electron chi connectivity index (χ0n) is 11.5. The quantitative estimate of drug-likeness (QED) is 0.289. The van der Waals surface area contributed by atoms with Crippen LogP contribution in [-0.4, -0.2) is 24.1 Å². The molecule has 1 aromatic carbocycles. The second kappa shape index (κ2) is 6.45. The molecule has 19 heavy (non-hydrogen) atoms. The SMILES string of the molecule is CN(c1cccc(/C(N)=N/O)c1)C1CCCCCC1. The van der Waals surface area contributed by atoms with E-state index in [0.717, 1.165) is 11.3 Å². The molecule has 0 radical (unpaired) electrons. The van der Waals surface area contributed by atoms with E-state index < -0.39 is 0 Å². The summed E-state index contributed by atoms with van der Waals surface area (Å²) in [6.07, 6.45) is 7.85. The van der Waals surface area contributed by atoms with Gasteiger partial charge in [-0.1, -0.05) is 43.0 Å². The van der Waals surface area contributed by atoms with Crippen molar-refractivity contribution in [3.8, 4) is 0 Å². The summed E-state index contributed by atoms with van der Waals surface area (Å²) in [5.41, 5.74) is 7.55. The zero-order valence-corrected chi connectivity index (χ0v) is 11.5. The van der Waals surface area contributed by atoms with Gasteiger partial charge in [-0.15, -0.1) is 0 Å². The zero-order chi connectivity index (χ0) is 13.7. The molecule has 104 valence electrons. The normalized spacial score (nSPS) is 18.1. The summed E-state index contributed by atoms with van der Waals surface area (Å²) in [6, 6.07) is 8.49. The molecule has 0 spiro atoms. The minimum Gasteiger partial charge on any atom is -0.409 e. The Balaban J connectivity index is 2.15. The van der Waals surface area contributed by atoms with E-state index in [4.69, 9.17) is 10.9 Å². The highest BCUT2D eigenvalue weighted by Crippen LogP contribution is 2.25. The Morgan fingerprint density at radius 1 is 1.26 bits per heavy atom. The summed E-state index contributed by atoms with van der Waals surface area (Å²) in [7, 11) is 2.14. The van der Waals surface area contributed by atoms with Crippen molar-refractivity contribution < 1.29 is 5.21 Å². The van der Waals surface area contributed by atoms with Gasteiger partial charge in [-0.25, -0.2) is 0 Å². The van der Waals surface area contributed by atoms with Gasteiger partial charge in [0.05, 0.1) is 0 Å². The number of nitrogens with two attached hydrogens (primary N) is 1. The van der Waals surface area contributed by atoms with Crippen LogP contribution >= 0.6 is 0 Å². The summed E-state index contributed by atoms with van der Waals surface area (Å²) in [5, 5.41) is 11.8. The first kappa shape index (κ1) is 13.7. The molecule has 0 amide bonds. The van der Waals surface area contributed by atoms with Gasteiger partial charge in [-0.05, 0) is 25.0 Å². The predicted molar refractivity (Wildman–Crippen MR) is 78.8 cm³/mol. The highest BCUT2D eigenvalue weighted by atomic mass is 16.4. The third-order valence-electron chi connectivity index (χ3n) is 4.03. The van der Waals surface area contributed by atoms with Gasteiger partial charge in [0.1, 0.15) is 0 Å². The van der Waals surface area contributed by atoms with Crippen LogP contribution in [0.25, 0.3) is 0 Å². The maximum absolute atomic E-state index is 8.75. The monoisotopic (exact) mass is 261 g/mol. The first-order chi connectivity index (χ1) is 9.22. The molecule has 1 fully saturated rings. The van der Waals surface area contributed by atoms with Gasteiger partial charge in [0, 0.05) is 24.3 Å². The molecular weight excluding hydrogens is 238 g/mol. The van der Waals surface area contributed by atoms with Crippen LogP contribution in [-0.2, 0) is 0 Å². The molecule has 0 heterocycles. The number of anilines is 1. The number of nitrogens with zero attached hydrogens (tertiary/aromatic N) is 2. The van der Waals surface area contributed by atoms with Crippen LogP contribution in [0.1, 0.15) is 44.1 Å². The van der Waals surface area contributed by atoms with Crippen LogP contribution in [0.15, 0.2) is 29.4 Å². The van der Waals surface area contributed by atoms with Crippen molar-refractivity contribution in [1.82, 2.24) is 0 Å². The minimum absolute atomic E-state index is 0.163. The minimum atomic E-state index is 0.163. The van der Waals surface area contributed by atoms with Gasteiger partial charge in [0.25, 0.3) is 0 Å². The second-order valence-corrected chi connectivity index (χ2v) is 5.29. The smallest absolute Gasteiger partial charge is 0.170 e. The standard InChI is InChI=1S/C15H23N3O/c1-18(13-8-4-2-3-5-9-13)14-10-6-7-12(11-14)15(16)17-19/h6-7,10-11,13,19H,2-5,8-9H2,1H3,(H2,16,17). The first-order valence-electron chi connectivity index (χ1n) is 7.03. The molecule has 1 saturated carbocycles. The number of hydrogen-bond acceptors (Lipinski definition) is 3. The average molecular weight is 261 g/mol. The highest BCUT2D eigenvalue weighted by Gasteiger charge is 2.17. The Hall–Kier alpha value is -1.71. The van der Waals surface area contributed by atoms with Gasteiger partial charge >= 0.3 is 0 Å². The van der Waals surface area contributed by atoms with E-state index in [2.05, 4.69) is 23.2 Å². The molecule has 0 saturated heterocycles. The van der Waals surface area contributed by atoms with Crippen LogP contribution in [0.2, 0.25) is 0 Å². The van der Waals surface area contributed by atoms with Crippen molar-refractivity contribution in [3.63, 3.8) is 0 Å². The van der Waals surface area contributed by atoms with Gasteiger partial charge < -0.3 is 15.8 Å². The fraction of sp³-hybridized carbons (Fsp3) is 0.533. The molecule has 0 bridgehead atoms. The number of amidine groups is 1. The Morgan fingerprint density at radius 3 is 2.58 bits per heavy atom. The largest absolute Gasteiger partial charge is 0.409 e. The van der Waals surface area contributed by atoms with Gasteiger partial charge in [0.2, 0.25) is 0 Å². The van der Waals surface area contributed by atoms with Crippen molar-refractivity contribution in [2.45, 2.75) is 44.6 Å². The molecule has 1 aliphatic carbocycles. The summed E-state index contributed by atoms with van der Waals surface area (Å²) in [4.78, 5) is 2.33. The molecule has 1 aromatic rings. The van der Waals surface area contributed by atoms with Crippen molar-refractivity contribution in [3.05, 3.63) is 29.8 Å². The maximum Gasteiger partial charge on any atom is 0.170 e. The topological polar surface area (TPSA) is 61.8 Å². The lowest BCUT2D eigenvalue weighted by molar-refractivity contribution is 0.318. The van der Waals surface area contributed by atoms with E-state index in [0.29, 0.717) is 6.04 Å². The summed E-state index contributed by atoms with van der Waals surface area (Å²) < 4.78 is 0. The molecule has 0 atom stereocenters. The molecule has 4 heteroatoms. The van der Waals surface area contributed by atoms with Crippen LogP contribution in [0.3, 0.4) is 0 Å². The number of hydrogen-bond donors (Lipinski definition) is 2. The lowest BCUT2D eigenvalue weighted by Gasteiger charge is -2.29. The summed E-state index contributed by atoms with van der Waals surface area (Å²) >= 11 is 0. The third-order valence-corrected chi connectivity index (χ3v) is 4.03. The lowest BCUT2D eigenvalue weighted by atomic mass is 10.1. The maximum atomic E-state index is 8.75. The number of rotatable bonds is 3. The molecule has 2 rings (SSSR count). The third kappa shape index (κ3) is 3.40. The van der Waals surface area contributed by atoms with Crippen molar-refractivity contribution in [2.75, 3.05) is 11.9 Å². The van der Waals surface area contributed by atoms with Crippen molar-refractivity contribution >= 4 is 11.5 Å². The molecule has 0 aromatic heterocycles. The Bertz CT molecular complexity index is 437. The van der Waals surface area contributed by atoms with Gasteiger partial charge in [-0.3, -0.25) is 0 Å². The van der Waals surface area contributed by atoms with E-state index in [9.17, 15) is 0 Å². The average Bonchev–Trinajstić information content (AvgIpc) is 2.75.